The van der Waals surface area contributed by atoms with Crippen LogP contribution in [0.5, 0.6) is 0 Å². The van der Waals surface area contributed by atoms with Crippen molar-refractivity contribution >= 4 is 10.8 Å². The maximum Gasteiger partial charge on any atom is 0.0210 e. The van der Waals surface area contributed by atoms with E-state index in [9.17, 15) is 0 Å². The molecule has 2 atom stereocenters. The van der Waals surface area contributed by atoms with E-state index in [2.05, 4.69) is 140 Å². The molecular formula is C41H44. The Morgan fingerprint density at radius 3 is 1.93 bits per heavy atom. The highest BCUT2D eigenvalue weighted by Crippen LogP contribution is 2.56. The molecule has 5 aromatic carbocycles. The molecule has 0 N–H and O–H groups in total. The third-order valence-corrected chi connectivity index (χ3v) is 10.5. The van der Waals surface area contributed by atoms with Gasteiger partial charge in [-0.3, -0.25) is 0 Å². The number of fused-ring (bicyclic) bond motifs is 5. The topological polar surface area (TPSA) is 0 Å². The van der Waals surface area contributed by atoms with Crippen molar-refractivity contribution in [2.75, 3.05) is 0 Å². The third-order valence-electron chi connectivity index (χ3n) is 10.5. The Morgan fingerprint density at radius 2 is 1.22 bits per heavy atom. The van der Waals surface area contributed by atoms with Crippen molar-refractivity contribution in [2.24, 2.45) is 0 Å². The highest BCUT2D eigenvalue weighted by molar-refractivity contribution is 6.04. The molecule has 208 valence electrons. The van der Waals surface area contributed by atoms with Gasteiger partial charge < -0.3 is 0 Å². The van der Waals surface area contributed by atoms with Gasteiger partial charge in [-0.25, -0.2) is 0 Å². The van der Waals surface area contributed by atoms with Gasteiger partial charge in [0.15, 0.2) is 0 Å². The Bertz CT molecular complexity index is 1780. The number of aryl methyl sites for hydroxylation is 4. The second kappa shape index (κ2) is 10.3. The number of hydrogen-bond acceptors (Lipinski definition) is 0. The Labute approximate surface area is 247 Å². The van der Waals surface area contributed by atoms with E-state index in [-0.39, 0.29) is 5.41 Å². The van der Waals surface area contributed by atoms with E-state index < -0.39 is 0 Å². The molecule has 0 aliphatic heterocycles. The van der Waals surface area contributed by atoms with Crippen LogP contribution < -0.4 is 0 Å². The summed E-state index contributed by atoms with van der Waals surface area (Å²) < 4.78 is 0. The van der Waals surface area contributed by atoms with Crippen LogP contribution in [0.4, 0.5) is 0 Å². The molecule has 0 saturated heterocycles. The summed E-state index contributed by atoms with van der Waals surface area (Å²) in [5.74, 6) is 0.772. The van der Waals surface area contributed by atoms with Gasteiger partial charge in [0, 0.05) is 5.41 Å². The molecule has 6 rings (SSSR count). The molecule has 2 unspecified atom stereocenters. The molecule has 0 spiro atoms. The summed E-state index contributed by atoms with van der Waals surface area (Å²) in [7, 11) is 0. The van der Waals surface area contributed by atoms with Crippen molar-refractivity contribution < 1.29 is 0 Å². The van der Waals surface area contributed by atoms with E-state index in [0.29, 0.717) is 11.8 Å². The Hall–Kier alpha value is -3.64. The summed E-state index contributed by atoms with van der Waals surface area (Å²) in [6.07, 6.45) is 2.23. The molecule has 0 heterocycles. The summed E-state index contributed by atoms with van der Waals surface area (Å²) in [6, 6.07) is 32.9. The predicted octanol–water partition coefficient (Wildman–Crippen LogP) is 11.7. The second-order valence-corrected chi connectivity index (χ2v) is 12.7. The van der Waals surface area contributed by atoms with Crippen LogP contribution in [0, 0.1) is 27.7 Å². The SMILES string of the molecule is CCC1(CC)c2cc(C(C)C(C)c3ccc(C)cc3-c3cc(C)ccc3C)ccc2-c2c1cc(C)c1ccccc21. The fourth-order valence-electron chi connectivity index (χ4n) is 7.72. The standard InChI is InChI=1S/C41H44/c1-9-41(10-2)38-24-31(18-20-35(38)40-34-14-12-11-13-32(34)28(6)23-39(40)41)29(7)30(8)33-19-16-26(4)22-37(33)36-21-25(3)15-17-27(36)5/h11-24,29-30H,9-10H2,1-8H3. The molecule has 1 aliphatic carbocycles. The van der Waals surface area contributed by atoms with Gasteiger partial charge in [0.25, 0.3) is 0 Å². The van der Waals surface area contributed by atoms with E-state index in [1.807, 2.05) is 0 Å². The molecule has 0 bridgehead atoms. The van der Waals surface area contributed by atoms with Gasteiger partial charge in [0.1, 0.15) is 0 Å². The first-order valence-corrected chi connectivity index (χ1v) is 15.6. The molecule has 0 fully saturated rings. The van der Waals surface area contributed by atoms with Gasteiger partial charge in [0.05, 0.1) is 0 Å². The van der Waals surface area contributed by atoms with Crippen LogP contribution in [-0.2, 0) is 5.41 Å². The number of hydrogen-bond donors (Lipinski definition) is 0. The van der Waals surface area contributed by atoms with Crippen molar-refractivity contribution in [1.29, 1.82) is 0 Å². The van der Waals surface area contributed by atoms with Gasteiger partial charge in [-0.2, -0.15) is 0 Å². The van der Waals surface area contributed by atoms with Crippen LogP contribution in [0.25, 0.3) is 33.0 Å². The van der Waals surface area contributed by atoms with Crippen molar-refractivity contribution in [3.63, 3.8) is 0 Å². The first-order valence-electron chi connectivity index (χ1n) is 15.6. The zero-order valence-electron chi connectivity index (χ0n) is 26.2. The highest BCUT2D eigenvalue weighted by Gasteiger charge is 2.42. The molecule has 41 heavy (non-hydrogen) atoms. The summed E-state index contributed by atoms with van der Waals surface area (Å²) in [6.45, 7) is 18.6. The predicted molar refractivity (Wildman–Crippen MR) is 178 cm³/mol. The number of rotatable bonds is 6. The van der Waals surface area contributed by atoms with E-state index >= 15 is 0 Å². The average Bonchev–Trinajstić information content (AvgIpc) is 3.26. The van der Waals surface area contributed by atoms with Crippen LogP contribution >= 0.6 is 0 Å². The Kier molecular flexibility index (Phi) is 6.93. The first-order chi connectivity index (χ1) is 19.7. The molecule has 0 nitrogen and oxygen atoms in total. The maximum absolute atomic E-state index is 2.58. The van der Waals surface area contributed by atoms with Crippen LogP contribution in [0.3, 0.4) is 0 Å². The maximum atomic E-state index is 2.58. The lowest BCUT2D eigenvalue weighted by molar-refractivity contribution is 0.489. The van der Waals surface area contributed by atoms with E-state index in [4.69, 9.17) is 0 Å². The van der Waals surface area contributed by atoms with Crippen LogP contribution in [0.2, 0.25) is 0 Å². The smallest absolute Gasteiger partial charge is 0.0210 e. The zero-order chi connectivity index (χ0) is 29.1. The summed E-state index contributed by atoms with van der Waals surface area (Å²) in [5.41, 5.74) is 17.0. The molecule has 0 saturated carbocycles. The summed E-state index contributed by atoms with van der Waals surface area (Å²) >= 11 is 0. The van der Waals surface area contributed by atoms with Crippen molar-refractivity contribution in [3.05, 3.63) is 129 Å². The minimum Gasteiger partial charge on any atom is -0.0642 e. The molecule has 0 heteroatoms. The van der Waals surface area contributed by atoms with Gasteiger partial charge in [-0.05, 0) is 119 Å². The monoisotopic (exact) mass is 536 g/mol. The molecule has 0 aromatic heterocycles. The fourth-order valence-corrected chi connectivity index (χ4v) is 7.72. The second-order valence-electron chi connectivity index (χ2n) is 12.7. The van der Waals surface area contributed by atoms with Crippen LogP contribution in [0.1, 0.15) is 96.9 Å². The van der Waals surface area contributed by atoms with E-state index in [1.54, 1.807) is 0 Å². The molecule has 5 aromatic rings. The first kappa shape index (κ1) is 27.5. The van der Waals surface area contributed by atoms with Gasteiger partial charge in [-0.1, -0.05) is 124 Å². The summed E-state index contributed by atoms with van der Waals surface area (Å²) in [4.78, 5) is 0. The van der Waals surface area contributed by atoms with Crippen molar-refractivity contribution in [2.45, 2.75) is 85.5 Å². The van der Waals surface area contributed by atoms with Crippen LogP contribution in [0.15, 0.2) is 84.9 Å². The fraction of sp³-hybridized carbons (Fsp3) is 0.317. The number of benzene rings is 5. The normalized spacial score (nSPS) is 15.0. The van der Waals surface area contributed by atoms with E-state index in [1.165, 1.54) is 77.5 Å². The molecular weight excluding hydrogens is 492 g/mol. The Morgan fingerprint density at radius 1 is 0.561 bits per heavy atom. The zero-order valence-corrected chi connectivity index (χ0v) is 26.2. The van der Waals surface area contributed by atoms with Gasteiger partial charge >= 0.3 is 0 Å². The van der Waals surface area contributed by atoms with Crippen LogP contribution in [-0.4, -0.2) is 0 Å². The Balaban J connectivity index is 1.48. The molecule has 0 amide bonds. The van der Waals surface area contributed by atoms with Gasteiger partial charge in [0.2, 0.25) is 0 Å². The lowest BCUT2D eigenvalue weighted by Gasteiger charge is -2.31. The third kappa shape index (κ3) is 4.26. The average molecular weight is 537 g/mol. The van der Waals surface area contributed by atoms with Crippen molar-refractivity contribution in [1.82, 2.24) is 0 Å². The molecule has 1 aliphatic rings. The minimum atomic E-state index is 0.0616. The van der Waals surface area contributed by atoms with Crippen molar-refractivity contribution in [3.8, 4) is 22.3 Å². The lowest BCUT2D eigenvalue weighted by atomic mass is 9.72. The highest BCUT2D eigenvalue weighted by atomic mass is 14.4. The quantitative estimate of drug-likeness (QED) is 0.202. The van der Waals surface area contributed by atoms with E-state index in [0.717, 1.165) is 12.8 Å². The largest absolute Gasteiger partial charge is 0.0642 e. The molecule has 0 radical (unpaired) electrons. The summed E-state index contributed by atoms with van der Waals surface area (Å²) in [5, 5.41) is 2.78. The minimum absolute atomic E-state index is 0.0616. The lowest BCUT2D eigenvalue weighted by Crippen LogP contribution is -2.23. The van der Waals surface area contributed by atoms with Gasteiger partial charge in [-0.15, -0.1) is 0 Å².